The van der Waals surface area contributed by atoms with Gasteiger partial charge in [0.1, 0.15) is 0 Å². The van der Waals surface area contributed by atoms with Gasteiger partial charge in [0.05, 0.1) is 10.4 Å². The molecule has 0 radical (unpaired) electrons. The summed E-state index contributed by atoms with van der Waals surface area (Å²) in [6.45, 7) is -0.230. The second-order valence-corrected chi connectivity index (χ2v) is 5.49. The van der Waals surface area contributed by atoms with Gasteiger partial charge in [-0.25, -0.2) is 4.79 Å². The van der Waals surface area contributed by atoms with Crippen LogP contribution in [-0.4, -0.2) is 18.4 Å². The minimum atomic E-state index is -0.481. The first kappa shape index (κ1) is 13.5. The zero-order chi connectivity index (χ0) is 14.7. The normalized spacial score (nSPS) is 10.5. The van der Waals surface area contributed by atoms with E-state index >= 15 is 0 Å². The van der Waals surface area contributed by atoms with Gasteiger partial charge in [-0.15, -0.1) is 11.3 Å². The Kier molecular flexibility index (Phi) is 3.79. The van der Waals surface area contributed by atoms with E-state index in [4.69, 9.17) is 4.74 Å². The summed E-state index contributed by atoms with van der Waals surface area (Å²) in [5, 5.41) is 3.85. The van der Waals surface area contributed by atoms with Gasteiger partial charge in [-0.2, -0.15) is 0 Å². The van der Waals surface area contributed by atoms with Crippen LogP contribution in [0.2, 0.25) is 0 Å². The fourth-order valence-electron chi connectivity index (χ4n) is 2.04. The molecular formula is C17H12O3S. The number of ketones is 1. The fraction of sp³-hybridized carbons (Fsp3) is 0.0588. The second kappa shape index (κ2) is 5.89. The van der Waals surface area contributed by atoms with Crippen LogP contribution in [0.5, 0.6) is 0 Å². The molecule has 21 heavy (non-hydrogen) atoms. The van der Waals surface area contributed by atoms with Crippen LogP contribution >= 0.6 is 11.3 Å². The lowest BCUT2D eigenvalue weighted by Gasteiger charge is -2.05. The summed E-state index contributed by atoms with van der Waals surface area (Å²) in [6, 6.07) is 16.6. The Morgan fingerprint density at radius 1 is 0.952 bits per heavy atom. The molecule has 1 aromatic heterocycles. The summed E-state index contributed by atoms with van der Waals surface area (Å²) in [5.41, 5.74) is 0.452. The first-order chi connectivity index (χ1) is 10.2. The summed E-state index contributed by atoms with van der Waals surface area (Å²) >= 11 is 1.34. The van der Waals surface area contributed by atoms with Gasteiger partial charge >= 0.3 is 5.97 Å². The third-order valence-corrected chi connectivity index (χ3v) is 4.03. The van der Waals surface area contributed by atoms with Crippen LogP contribution in [0.1, 0.15) is 20.0 Å². The Balaban J connectivity index is 1.70. The highest BCUT2D eigenvalue weighted by molar-refractivity contribution is 7.12. The number of Topliss-reactive ketones (excluding diaryl/α,β-unsaturated/α-hetero) is 1. The van der Waals surface area contributed by atoms with Gasteiger partial charge in [0.15, 0.2) is 6.61 Å². The smallest absolute Gasteiger partial charge is 0.338 e. The van der Waals surface area contributed by atoms with Gasteiger partial charge < -0.3 is 4.74 Å². The maximum atomic E-state index is 12.0. The standard InChI is InChI=1S/C17H12O3S/c18-15(16-6-3-9-21-16)11-20-17(19)14-8-7-12-4-1-2-5-13(12)10-14/h1-10H,11H2. The number of thiophene rings is 1. The lowest BCUT2D eigenvalue weighted by Crippen LogP contribution is -2.13. The maximum absolute atomic E-state index is 12.0. The number of fused-ring (bicyclic) bond motifs is 1. The molecular weight excluding hydrogens is 284 g/mol. The van der Waals surface area contributed by atoms with E-state index in [0.717, 1.165) is 10.8 Å². The van der Waals surface area contributed by atoms with Crippen molar-refractivity contribution in [2.24, 2.45) is 0 Å². The van der Waals surface area contributed by atoms with Crippen molar-refractivity contribution in [3.63, 3.8) is 0 Å². The van der Waals surface area contributed by atoms with E-state index in [9.17, 15) is 9.59 Å². The van der Waals surface area contributed by atoms with Crippen molar-refractivity contribution in [1.29, 1.82) is 0 Å². The minimum absolute atomic E-state index is 0.181. The van der Waals surface area contributed by atoms with Crippen molar-refractivity contribution in [1.82, 2.24) is 0 Å². The number of carbonyl (C=O) groups excluding carboxylic acids is 2. The van der Waals surface area contributed by atoms with Gasteiger partial charge in [-0.05, 0) is 34.4 Å². The summed E-state index contributed by atoms with van der Waals surface area (Å²) in [6.07, 6.45) is 0. The molecule has 0 aliphatic heterocycles. The molecule has 4 heteroatoms. The first-order valence-electron chi connectivity index (χ1n) is 6.47. The average Bonchev–Trinajstić information content (AvgIpc) is 3.06. The molecule has 0 N–H and O–H groups in total. The van der Waals surface area contributed by atoms with Crippen molar-refractivity contribution >= 4 is 33.9 Å². The van der Waals surface area contributed by atoms with E-state index in [1.165, 1.54) is 11.3 Å². The summed E-state index contributed by atoms with van der Waals surface area (Å²) in [4.78, 5) is 24.4. The van der Waals surface area contributed by atoms with Gasteiger partial charge in [-0.1, -0.05) is 36.4 Å². The quantitative estimate of drug-likeness (QED) is 0.541. The van der Waals surface area contributed by atoms with Crippen LogP contribution in [0, 0.1) is 0 Å². The fourth-order valence-corrected chi connectivity index (χ4v) is 2.69. The number of hydrogen-bond donors (Lipinski definition) is 0. The number of hydrogen-bond acceptors (Lipinski definition) is 4. The Morgan fingerprint density at radius 2 is 1.76 bits per heavy atom. The van der Waals surface area contributed by atoms with Crippen LogP contribution in [0.4, 0.5) is 0 Å². The van der Waals surface area contributed by atoms with Gasteiger partial charge in [0.2, 0.25) is 5.78 Å². The predicted octanol–water partition coefficient (Wildman–Crippen LogP) is 3.94. The molecule has 2 aromatic carbocycles. The molecule has 3 aromatic rings. The molecule has 0 aliphatic carbocycles. The van der Waals surface area contributed by atoms with Crippen LogP contribution in [0.15, 0.2) is 60.0 Å². The average molecular weight is 296 g/mol. The van der Waals surface area contributed by atoms with E-state index < -0.39 is 5.97 Å². The van der Waals surface area contributed by atoms with Crippen molar-refractivity contribution in [3.05, 3.63) is 70.4 Å². The molecule has 0 bridgehead atoms. The zero-order valence-corrected chi connectivity index (χ0v) is 11.9. The van der Waals surface area contributed by atoms with Crippen LogP contribution in [-0.2, 0) is 4.74 Å². The zero-order valence-electron chi connectivity index (χ0n) is 11.1. The molecule has 0 saturated carbocycles. The van der Waals surface area contributed by atoms with Gasteiger partial charge in [0, 0.05) is 0 Å². The first-order valence-corrected chi connectivity index (χ1v) is 7.34. The van der Waals surface area contributed by atoms with Gasteiger partial charge in [0.25, 0.3) is 0 Å². The number of carbonyl (C=O) groups is 2. The van der Waals surface area contributed by atoms with Crippen molar-refractivity contribution in [2.75, 3.05) is 6.61 Å². The SMILES string of the molecule is O=C(OCC(=O)c1cccs1)c1ccc2ccccc2c1. The molecule has 3 rings (SSSR count). The van der Waals surface area contributed by atoms with Crippen molar-refractivity contribution < 1.29 is 14.3 Å². The van der Waals surface area contributed by atoms with Crippen LogP contribution < -0.4 is 0 Å². The van der Waals surface area contributed by atoms with E-state index in [-0.39, 0.29) is 12.4 Å². The Bertz CT molecular complexity index is 791. The number of esters is 1. The minimum Gasteiger partial charge on any atom is -0.454 e. The molecule has 0 unspecified atom stereocenters. The predicted molar refractivity (Wildman–Crippen MR) is 82.9 cm³/mol. The Labute approximate surface area is 125 Å². The summed E-state index contributed by atoms with van der Waals surface area (Å²) in [7, 11) is 0. The largest absolute Gasteiger partial charge is 0.454 e. The Hall–Kier alpha value is -2.46. The molecule has 0 aliphatic rings. The lowest BCUT2D eigenvalue weighted by molar-refractivity contribution is 0.0476. The van der Waals surface area contributed by atoms with E-state index in [1.807, 2.05) is 35.7 Å². The summed E-state index contributed by atoms with van der Waals surface area (Å²) in [5.74, 6) is -0.662. The third kappa shape index (κ3) is 3.01. The molecule has 3 nitrogen and oxygen atoms in total. The highest BCUT2D eigenvalue weighted by Crippen LogP contribution is 2.16. The number of rotatable bonds is 4. The number of ether oxygens (including phenoxy) is 1. The van der Waals surface area contributed by atoms with Crippen molar-refractivity contribution in [2.45, 2.75) is 0 Å². The summed E-state index contributed by atoms with van der Waals surface area (Å²) < 4.78 is 5.08. The highest BCUT2D eigenvalue weighted by Gasteiger charge is 2.12. The van der Waals surface area contributed by atoms with E-state index in [2.05, 4.69) is 0 Å². The second-order valence-electron chi connectivity index (χ2n) is 4.54. The highest BCUT2D eigenvalue weighted by atomic mass is 32.1. The van der Waals surface area contributed by atoms with Gasteiger partial charge in [-0.3, -0.25) is 4.79 Å². The topological polar surface area (TPSA) is 43.4 Å². The third-order valence-electron chi connectivity index (χ3n) is 3.12. The van der Waals surface area contributed by atoms with Crippen LogP contribution in [0.3, 0.4) is 0 Å². The lowest BCUT2D eigenvalue weighted by atomic mass is 10.1. The molecule has 0 atom stereocenters. The van der Waals surface area contributed by atoms with E-state index in [0.29, 0.717) is 10.4 Å². The van der Waals surface area contributed by atoms with Crippen molar-refractivity contribution in [3.8, 4) is 0 Å². The van der Waals surface area contributed by atoms with E-state index in [1.54, 1.807) is 24.3 Å². The molecule has 0 amide bonds. The van der Waals surface area contributed by atoms with Crippen LogP contribution in [0.25, 0.3) is 10.8 Å². The molecule has 0 saturated heterocycles. The maximum Gasteiger partial charge on any atom is 0.338 e. The molecule has 1 heterocycles. The number of benzene rings is 2. The Morgan fingerprint density at radius 3 is 2.52 bits per heavy atom. The molecule has 104 valence electrons. The molecule has 0 spiro atoms. The molecule has 0 fully saturated rings. The monoisotopic (exact) mass is 296 g/mol.